The molecular formula is C15H10Br4O. The first-order chi connectivity index (χ1) is 9.49. The molecule has 0 saturated carbocycles. The maximum atomic E-state index is 12.4. The lowest BCUT2D eigenvalue weighted by molar-refractivity contribution is 0.0991. The van der Waals surface area contributed by atoms with Gasteiger partial charge in [0, 0.05) is 14.5 Å². The van der Waals surface area contributed by atoms with Gasteiger partial charge in [0.1, 0.15) is 0 Å². The molecule has 0 N–H and O–H groups in total. The van der Waals surface area contributed by atoms with Crippen molar-refractivity contribution in [3.05, 3.63) is 68.6 Å². The summed E-state index contributed by atoms with van der Waals surface area (Å²) in [4.78, 5) is 12.0. The smallest absolute Gasteiger partial charge is 0.177 e. The SMILES string of the molecule is O=C(c1ccccc1)C(Br)C(Br)c1cc(Br)cc(Br)c1. The average Bonchev–Trinajstić information content (AvgIpc) is 2.45. The van der Waals surface area contributed by atoms with Gasteiger partial charge >= 0.3 is 0 Å². The second-order valence-electron chi connectivity index (χ2n) is 4.24. The van der Waals surface area contributed by atoms with E-state index in [2.05, 4.69) is 63.7 Å². The number of alkyl halides is 2. The number of hydrogen-bond donors (Lipinski definition) is 0. The summed E-state index contributed by atoms with van der Waals surface area (Å²) in [6.07, 6.45) is 0. The molecule has 2 aromatic rings. The maximum Gasteiger partial charge on any atom is 0.177 e. The van der Waals surface area contributed by atoms with Gasteiger partial charge in [0.2, 0.25) is 0 Å². The standard InChI is InChI=1S/C15H10Br4O/c16-11-6-10(7-12(17)8-11)13(18)14(19)15(20)9-4-2-1-3-5-9/h1-8,13-14H. The van der Waals surface area contributed by atoms with E-state index in [0.29, 0.717) is 5.56 Å². The number of halogens is 4. The normalized spacial score (nSPS) is 13.8. The molecule has 0 heterocycles. The van der Waals surface area contributed by atoms with Crippen molar-refractivity contribution in [2.75, 3.05) is 0 Å². The van der Waals surface area contributed by atoms with Gasteiger partial charge in [-0.3, -0.25) is 4.79 Å². The van der Waals surface area contributed by atoms with Crippen LogP contribution in [-0.4, -0.2) is 10.6 Å². The number of carbonyl (C=O) groups excluding carboxylic acids is 1. The van der Waals surface area contributed by atoms with E-state index < -0.39 is 0 Å². The Morgan fingerprint density at radius 2 is 1.45 bits per heavy atom. The van der Waals surface area contributed by atoms with Crippen molar-refractivity contribution < 1.29 is 4.79 Å². The maximum absolute atomic E-state index is 12.4. The van der Waals surface area contributed by atoms with Crippen LogP contribution in [0.2, 0.25) is 0 Å². The molecule has 1 nitrogen and oxygen atoms in total. The molecule has 0 spiro atoms. The van der Waals surface area contributed by atoms with Gasteiger partial charge in [-0.2, -0.15) is 0 Å². The van der Waals surface area contributed by atoms with E-state index in [1.165, 1.54) is 0 Å². The van der Waals surface area contributed by atoms with Crippen molar-refractivity contribution in [3.8, 4) is 0 Å². The molecule has 2 atom stereocenters. The fourth-order valence-electron chi connectivity index (χ4n) is 1.80. The highest BCUT2D eigenvalue weighted by molar-refractivity contribution is 9.12. The first-order valence-electron chi connectivity index (χ1n) is 5.82. The minimum atomic E-state index is -0.328. The largest absolute Gasteiger partial charge is 0.293 e. The lowest BCUT2D eigenvalue weighted by Crippen LogP contribution is -2.19. The van der Waals surface area contributed by atoms with E-state index in [-0.39, 0.29) is 15.4 Å². The topological polar surface area (TPSA) is 17.1 Å². The van der Waals surface area contributed by atoms with Gasteiger partial charge in [-0.1, -0.05) is 94.1 Å². The minimum absolute atomic E-state index is 0.0589. The molecule has 5 heteroatoms. The predicted molar refractivity (Wildman–Crippen MR) is 97.0 cm³/mol. The molecule has 0 amide bonds. The number of Topliss-reactive ketones (excluding diaryl/α,β-unsaturated/α-hetero) is 1. The second-order valence-corrected chi connectivity index (χ2v) is 8.04. The molecule has 2 unspecified atom stereocenters. The summed E-state index contributed by atoms with van der Waals surface area (Å²) >= 11 is 14.0. The van der Waals surface area contributed by atoms with E-state index in [1.807, 2.05) is 48.5 Å². The highest BCUT2D eigenvalue weighted by Gasteiger charge is 2.26. The highest BCUT2D eigenvalue weighted by atomic mass is 79.9. The molecule has 0 fully saturated rings. The fourth-order valence-corrected chi connectivity index (χ4v) is 4.20. The quantitative estimate of drug-likeness (QED) is 0.338. The van der Waals surface area contributed by atoms with Crippen LogP contribution in [0.3, 0.4) is 0 Å². The Bertz CT molecular complexity index is 592. The Morgan fingerprint density at radius 3 is 2.00 bits per heavy atom. The van der Waals surface area contributed by atoms with E-state index in [1.54, 1.807) is 0 Å². The molecule has 2 rings (SSSR count). The molecule has 0 bridgehead atoms. The molecule has 20 heavy (non-hydrogen) atoms. The van der Waals surface area contributed by atoms with Gasteiger partial charge in [-0.25, -0.2) is 0 Å². The molecule has 0 aliphatic carbocycles. The predicted octanol–water partition coefficient (Wildman–Crippen LogP) is 6.29. The minimum Gasteiger partial charge on any atom is -0.293 e. The Hall–Kier alpha value is 0.0300. The summed E-state index contributed by atoms with van der Waals surface area (Å²) in [5.41, 5.74) is 1.73. The van der Waals surface area contributed by atoms with Crippen LogP contribution in [0.1, 0.15) is 20.7 Å². The van der Waals surface area contributed by atoms with Crippen molar-refractivity contribution in [3.63, 3.8) is 0 Å². The lowest BCUT2D eigenvalue weighted by Gasteiger charge is -2.17. The Labute approximate surface area is 151 Å². The molecule has 0 aliphatic rings. The second kappa shape index (κ2) is 7.34. The van der Waals surface area contributed by atoms with Gasteiger partial charge in [-0.05, 0) is 23.8 Å². The zero-order valence-electron chi connectivity index (χ0n) is 10.2. The fraction of sp³-hybridized carbons (Fsp3) is 0.133. The van der Waals surface area contributed by atoms with Gasteiger partial charge in [0.25, 0.3) is 0 Å². The molecular weight excluding hydrogens is 516 g/mol. The monoisotopic (exact) mass is 522 g/mol. The van der Waals surface area contributed by atoms with Crippen LogP contribution >= 0.6 is 63.7 Å². The van der Waals surface area contributed by atoms with Gasteiger partial charge < -0.3 is 0 Å². The summed E-state index contributed by atoms with van der Waals surface area (Å²) in [6.45, 7) is 0. The third-order valence-electron chi connectivity index (χ3n) is 2.77. The number of benzene rings is 2. The number of rotatable bonds is 4. The molecule has 104 valence electrons. The summed E-state index contributed by atoms with van der Waals surface area (Å²) in [6, 6.07) is 15.2. The van der Waals surface area contributed by atoms with Crippen LogP contribution in [-0.2, 0) is 0 Å². The van der Waals surface area contributed by atoms with Gasteiger partial charge in [0.15, 0.2) is 5.78 Å². The summed E-state index contributed by atoms with van der Waals surface area (Å²) in [5.74, 6) is 0.0589. The average molecular weight is 526 g/mol. The van der Waals surface area contributed by atoms with Crippen LogP contribution in [0.5, 0.6) is 0 Å². The Morgan fingerprint density at radius 1 is 0.900 bits per heavy atom. The zero-order chi connectivity index (χ0) is 14.7. The number of ketones is 1. The third-order valence-corrected chi connectivity index (χ3v) is 6.40. The number of carbonyl (C=O) groups is 1. The molecule has 0 radical (unpaired) electrons. The summed E-state index contributed by atoms with van der Waals surface area (Å²) in [5, 5.41) is 0. The van der Waals surface area contributed by atoms with Crippen molar-refractivity contribution in [1.29, 1.82) is 0 Å². The van der Waals surface area contributed by atoms with E-state index in [9.17, 15) is 4.79 Å². The molecule has 0 aromatic heterocycles. The van der Waals surface area contributed by atoms with Crippen LogP contribution in [0.25, 0.3) is 0 Å². The zero-order valence-corrected chi connectivity index (χ0v) is 16.5. The van der Waals surface area contributed by atoms with Crippen molar-refractivity contribution in [1.82, 2.24) is 0 Å². The van der Waals surface area contributed by atoms with Gasteiger partial charge in [-0.15, -0.1) is 0 Å². The lowest BCUT2D eigenvalue weighted by atomic mass is 10.0. The third kappa shape index (κ3) is 4.03. The number of hydrogen-bond acceptors (Lipinski definition) is 1. The van der Waals surface area contributed by atoms with E-state index in [4.69, 9.17) is 0 Å². The molecule has 0 saturated heterocycles. The first-order valence-corrected chi connectivity index (χ1v) is 9.24. The molecule has 2 aromatic carbocycles. The molecule has 0 aliphatic heterocycles. The van der Waals surface area contributed by atoms with Crippen molar-refractivity contribution in [2.45, 2.75) is 9.65 Å². The van der Waals surface area contributed by atoms with Crippen molar-refractivity contribution >= 4 is 69.5 Å². The van der Waals surface area contributed by atoms with Crippen LogP contribution in [0, 0.1) is 0 Å². The van der Waals surface area contributed by atoms with Crippen LogP contribution < -0.4 is 0 Å². The van der Waals surface area contributed by atoms with Crippen molar-refractivity contribution in [2.24, 2.45) is 0 Å². The van der Waals surface area contributed by atoms with E-state index >= 15 is 0 Å². The van der Waals surface area contributed by atoms with E-state index in [0.717, 1.165) is 14.5 Å². The van der Waals surface area contributed by atoms with Gasteiger partial charge in [0.05, 0.1) is 9.65 Å². The van der Waals surface area contributed by atoms with Crippen LogP contribution in [0.4, 0.5) is 0 Å². The Kier molecular flexibility index (Phi) is 6.02. The first kappa shape index (κ1) is 16.4. The highest BCUT2D eigenvalue weighted by Crippen LogP contribution is 2.36. The summed E-state index contributed by atoms with van der Waals surface area (Å²) < 4.78 is 1.94. The summed E-state index contributed by atoms with van der Waals surface area (Å²) in [7, 11) is 0. The Balaban J connectivity index is 2.24. The van der Waals surface area contributed by atoms with Crippen LogP contribution in [0.15, 0.2) is 57.5 Å².